The summed E-state index contributed by atoms with van der Waals surface area (Å²) in [7, 11) is 0. The van der Waals surface area contributed by atoms with Crippen LogP contribution in [0.3, 0.4) is 0 Å². The highest BCUT2D eigenvalue weighted by atomic mass is 32.1. The molecule has 6 nitrogen and oxygen atoms in total. The van der Waals surface area contributed by atoms with Crippen molar-refractivity contribution >= 4 is 11.5 Å². The number of aromatic nitrogens is 4. The third-order valence-electron chi connectivity index (χ3n) is 3.40. The van der Waals surface area contributed by atoms with Gasteiger partial charge in [0.25, 0.3) is 5.89 Å². The van der Waals surface area contributed by atoms with E-state index in [1.54, 1.807) is 0 Å². The van der Waals surface area contributed by atoms with Crippen molar-refractivity contribution in [2.75, 3.05) is 13.1 Å². The molecule has 19 heavy (non-hydrogen) atoms. The molecule has 1 fully saturated rings. The van der Waals surface area contributed by atoms with Gasteiger partial charge >= 0.3 is 0 Å². The summed E-state index contributed by atoms with van der Waals surface area (Å²) in [5.74, 6) is 2.09. The lowest BCUT2D eigenvalue weighted by atomic mass is 9.98. The molecule has 7 heteroatoms. The Hall–Kier alpha value is -1.34. The Morgan fingerprint density at radius 2 is 2.11 bits per heavy atom. The molecule has 0 atom stereocenters. The minimum absolute atomic E-state index is 0.308. The van der Waals surface area contributed by atoms with E-state index >= 15 is 0 Å². The molecule has 0 saturated carbocycles. The van der Waals surface area contributed by atoms with Crippen molar-refractivity contribution in [1.82, 2.24) is 25.0 Å². The molecule has 1 saturated heterocycles. The molecule has 0 bridgehead atoms. The second-order valence-electron chi connectivity index (χ2n) is 5.12. The smallest absolute Gasteiger partial charge is 0.271 e. The lowest BCUT2D eigenvalue weighted by Gasteiger charge is -2.18. The van der Waals surface area contributed by atoms with Gasteiger partial charge in [0.1, 0.15) is 4.88 Å². The van der Waals surface area contributed by atoms with E-state index in [1.807, 2.05) is 0 Å². The third kappa shape index (κ3) is 2.52. The average Bonchev–Trinajstić information content (AvgIpc) is 3.08. The Morgan fingerprint density at radius 1 is 1.32 bits per heavy atom. The maximum atomic E-state index is 5.40. The van der Waals surface area contributed by atoms with Crippen LogP contribution in [0.2, 0.25) is 0 Å². The van der Waals surface area contributed by atoms with Crippen molar-refractivity contribution in [3.8, 4) is 10.8 Å². The van der Waals surface area contributed by atoms with E-state index in [4.69, 9.17) is 4.52 Å². The first-order chi connectivity index (χ1) is 9.25. The van der Waals surface area contributed by atoms with Gasteiger partial charge in [-0.15, -0.1) is 5.10 Å². The molecular formula is C12H17N5OS. The van der Waals surface area contributed by atoms with Crippen LogP contribution in [0.4, 0.5) is 0 Å². The zero-order valence-electron chi connectivity index (χ0n) is 11.1. The number of hydrogen-bond donors (Lipinski definition) is 1. The largest absolute Gasteiger partial charge is 0.333 e. The van der Waals surface area contributed by atoms with E-state index in [9.17, 15) is 0 Å². The van der Waals surface area contributed by atoms with Crippen LogP contribution in [-0.2, 0) is 0 Å². The molecule has 0 unspecified atom stereocenters. The fraction of sp³-hybridized carbons (Fsp3) is 0.667. The molecule has 3 heterocycles. The fourth-order valence-electron chi connectivity index (χ4n) is 2.30. The topological polar surface area (TPSA) is 76.7 Å². The van der Waals surface area contributed by atoms with Gasteiger partial charge in [-0.3, -0.25) is 0 Å². The second kappa shape index (κ2) is 5.34. The van der Waals surface area contributed by atoms with Crippen LogP contribution >= 0.6 is 11.5 Å². The van der Waals surface area contributed by atoms with Gasteiger partial charge in [-0.2, -0.15) is 4.98 Å². The molecular weight excluding hydrogens is 262 g/mol. The van der Waals surface area contributed by atoms with Crippen LogP contribution < -0.4 is 5.32 Å². The number of nitrogens with one attached hydrogen (secondary N) is 1. The molecule has 2 aromatic rings. The Labute approximate surface area is 115 Å². The van der Waals surface area contributed by atoms with Crippen LogP contribution in [0.1, 0.15) is 50.0 Å². The number of hydrogen-bond acceptors (Lipinski definition) is 7. The van der Waals surface area contributed by atoms with Crippen molar-refractivity contribution < 1.29 is 4.52 Å². The van der Waals surface area contributed by atoms with E-state index in [0.29, 0.717) is 17.7 Å². The van der Waals surface area contributed by atoms with Gasteiger partial charge in [-0.05, 0) is 43.4 Å². The molecule has 0 aliphatic carbocycles. The maximum Gasteiger partial charge on any atom is 0.271 e. The summed E-state index contributed by atoms with van der Waals surface area (Å²) in [6.07, 6.45) is 2.13. The fourth-order valence-corrected chi connectivity index (χ4v) is 3.04. The van der Waals surface area contributed by atoms with Crippen molar-refractivity contribution in [2.24, 2.45) is 0 Å². The van der Waals surface area contributed by atoms with Crippen LogP contribution in [0.15, 0.2) is 4.52 Å². The van der Waals surface area contributed by atoms with E-state index < -0.39 is 0 Å². The summed E-state index contributed by atoms with van der Waals surface area (Å²) in [5.41, 5.74) is 0.936. The normalized spacial score (nSPS) is 17.2. The Morgan fingerprint density at radius 3 is 2.84 bits per heavy atom. The van der Waals surface area contributed by atoms with Crippen LogP contribution in [0, 0.1) is 0 Å². The minimum atomic E-state index is 0.308. The Kier molecular flexibility index (Phi) is 3.56. The number of nitrogens with zero attached hydrogens (tertiary/aromatic N) is 4. The summed E-state index contributed by atoms with van der Waals surface area (Å²) in [4.78, 5) is 5.45. The average molecular weight is 279 g/mol. The molecule has 102 valence electrons. The first-order valence-corrected chi connectivity index (χ1v) is 7.40. The van der Waals surface area contributed by atoms with Gasteiger partial charge in [0.15, 0.2) is 5.82 Å². The summed E-state index contributed by atoms with van der Waals surface area (Å²) < 4.78 is 9.40. The summed E-state index contributed by atoms with van der Waals surface area (Å²) in [6, 6.07) is 0. The summed E-state index contributed by atoms with van der Waals surface area (Å²) >= 11 is 1.32. The van der Waals surface area contributed by atoms with Gasteiger partial charge in [-0.1, -0.05) is 23.5 Å². The van der Waals surface area contributed by atoms with Crippen LogP contribution in [-0.4, -0.2) is 32.8 Å². The monoisotopic (exact) mass is 279 g/mol. The predicted molar refractivity (Wildman–Crippen MR) is 72.1 cm³/mol. The van der Waals surface area contributed by atoms with Crippen molar-refractivity contribution in [1.29, 1.82) is 0 Å². The van der Waals surface area contributed by atoms with Crippen LogP contribution in [0.25, 0.3) is 10.8 Å². The standard InChI is InChI=1S/C12H17N5OS/c1-7(2)9-10(19-17-15-9)12-14-11(16-18-12)8-3-5-13-6-4-8/h7-8,13H,3-6H2,1-2H3. The van der Waals surface area contributed by atoms with Gasteiger partial charge < -0.3 is 9.84 Å². The van der Waals surface area contributed by atoms with Crippen LogP contribution in [0.5, 0.6) is 0 Å². The van der Waals surface area contributed by atoms with Gasteiger partial charge in [-0.25, -0.2) is 0 Å². The number of rotatable bonds is 3. The molecule has 2 aromatic heterocycles. The van der Waals surface area contributed by atoms with E-state index in [-0.39, 0.29) is 0 Å². The van der Waals surface area contributed by atoms with Crippen molar-refractivity contribution in [3.63, 3.8) is 0 Å². The highest BCUT2D eigenvalue weighted by Crippen LogP contribution is 2.31. The minimum Gasteiger partial charge on any atom is -0.333 e. The van der Waals surface area contributed by atoms with Crippen molar-refractivity contribution in [3.05, 3.63) is 11.5 Å². The van der Waals surface area contributed by atoms with Crippen molar-refractivity contribution in [2.45, 2.75) is 38.5 Å². The molecule has 0 spiro atoms. The molecule has 1 aliphatic heterocycles. The zero-order valence-corrected chi connectivity index (χ0v) is 11.9. The second-order valence-corrected chi connectivity index (χ2v) is 5.88. The maximum absolute atomic E-state index is 5.40. The zero-order chi connectivity index (χ0) is 13.2. The first-order valence-electron chi connectivity index (χ1n) is 6.62. The molecule has 0 radical (unpaired) electrons. The van der Waals surface area contributed by atoms with E-state index in [2.05, 4.69) is 38.9 Å². The van der Waals surface area contributed by atoms with Gasteiger partial charge in [0.05, 0.1) is 5.69 Å². The molecule has 1 aliphatic rings. The van der Waals surface area contributed by atoms with E-state index in [0.717, 1.165) is 42.3 Å². The molecule has 1 N–H and O–H groups in total. The lowest BCUT2D eigenvalue weighted by molar-refractivity contribution is 0.392. The molecule has 0 aromatic carbocycles. The Balaban J connectivity index is 1.86. The highest BCUT2D eigenvalue weighted by molar-refractivity contribution is 7.09. The SMILES string of the molecule is CC(C)c1nnsc1-c1nc(C2CCNCC2)no1. The summed E-state index contributed by atoms with van der Waals surface area (Å²) in [6.45, 7) is 6.22. The lowest BCUT2D eigenvalue weighted by Crippen LogP contribution is -2.27. The molecule has 3 rings (SSSR count). The molecule has 0 amide bonds. The predicted octanol–water partition coefficient (Wildman–Crippen LogP) is 2.18. The third-order valence-corrected chi connectivity index (χ3v) is 4.13. The van der Waals surface area contributed by atoms with E-state index in [1.165, 1.54) is 11.5 Å². The van der Waals surface area contributed by atoms with Gasteiger partial charge in [0.2, 0.25) is 0 Å². The van der Waals surface area contributed by atoms with Gasteiger partial charge in [0, 0.05) is 5.92 Å². The number of piperidine rings is 1. The summed E-state index contributed by atoms with van der Waals surface area (Å²) in [5, 5.41) is 11.6. The quantitative estimate of drug-likeness (QED) is 0.928. The first kappa shape index (κ1) is 12.7. The Bertz CT molecular complexity index is 544. The highest BCUT2D eigenvalue weighted by Gasteiger charge is 2.24.